The quantitative estimate of drug-likeness (QED) is 0.323. The number of hydroxylamine groups is 1. The lowest BCUT2D eigenvalue weighted by Gasteiger charge is -2.13. The van der Waals surface area contributed by atoms with E-state index in [2.05, 4.69) is 20.0 Å². The summed E-state index contributed by atoms with van der Waals surface area (Å²) in [5.74, 6) is -4.09. The van der Waals surface area contributed by atoms with Gasteiger partial charge in [0, 0.05) is 0 Å². The van der Waals surface area contributed by atoms with E-state index in [9.17, 15) is 9.59 Å². The van der Waals surface area contributed by atoms with E-state index in [0.29, 0.717) is 0 Å². The van der Waals surface area contributed by atoms with Crippen molar-refractivity contribution in [2.45, 2.75) is 0 Å². The highest BCUT2D eigenvalue weighted by Gasteiger charge is 2.23. The number of carbonyl (C=O) groups excluding carboxylic acids is 1. The highest BCUT2D eigenvalue weighted by atomic mass is 35.5. The number of carboxylic acids is 1. The number of hydrogen-bond acceptors (Lipinski definition) is 9. The molecule has 2 N–H and O–H groups in total. The van der Waals surface area contributed by atoms with Crippen LogP contribution in [0.5, 0.6) is 23.3 Å². The molecule has 0 radical (unpaired) electrons. The lowest BCUT2D eigenvalue weighted by Crippen LogP contribution is -2.33. The predicted molar refractivity (Wildman–Crippen MR) is 115 cm³/mol. The van der Waals surface area contributed by atoms with Crippen molar-refractivity contribution in [2.75, 3.05) is 13.7 Å². The molecule has 0 spiro atoms. The summed E-state index contributed by atoms with van der Waals surface area (Å²) in [7, 11) is 1.19. The molecule has 0 saturated carbocycles. The van der Waals surface area contributed by atoms with Gasteiger partial charge in [-0.15, -0.1) is 0 Å². The number of aromatic nitrogens is 2. The molecular formula is C21H16ClFN4O7. The fourth-order valence-corrected chi connectivity index (χ4v) is 2.66. The highest BCUT2D eigenvalue weighted by Crippen LogP contribution is 2.33. The smallest absolute Gasteiger partial charge is 0.332 e. The van der Waals surface area contributed by atoms with Gasteiger partial charge in [0.15, 0.2) is 12.3 Å². The molecular weight excluding hydrogens is 475 g/mol. The van der Waals surface area contributed by atoms with E-state index in [4.69, 9.17) is 31.0 Å². The molecule has 0 saturated heterocycles. The Labute approximate surface area is 196 Å². The van der Waals surface area contributed by atoms with Crippen molar-refractivity contribution < 1.29 is 38.2 Å². The molecule has 3 rings (SSSR count). The second-order valence-electron chi connectivity index (χ2n) is 6.16. The van der Waals surface area contributed by atoms with Gasteiger partial charge < -0.3 is 19.4 Å². The molecule has 0 bridgehead atoms. The molecule has 176 valence electrons. The molecule has 0 aliphatic carbocycles. The van der Waals surface area contributed by atoms with Crippen LogP contribution in [0.3, 0.4) is 0 Å². The Bertz CT molecular complexity index is 1230. The topological polar surface area (TPSA) is 141 Å². The first-order valence-electron chi connectivity index (χ1n) is 9.36. The molecule has 1 amide bonds. The number of nitrogens with one attached hydrogen (secondary N) is 1. The zero-order valence-corrected chi connectivity index (χ0v) is 18.2. The van der Waals surface area contributed by atoms with Crippen molar-refractivity contribution in [3.63, 3.8) is 0 Å². The fraction of sp³-hybridized carbons (Fsp3) is 0.0952. The standard InChI is InChI=1S/C21H16ClFN4O7/c1-31-26-18(19(30)27-32-10-16(28)29)12-6-2-4-8-14(12)33-20-17(23)21(25-11-24-20)34-15-9-5-3-7-13(15)22/h2-9,11H,10H2,1H3,(H,27,30)(H,28,29)/b26-18+. The lowest BCUT2D eigenvalue weighted by atomic mass is 10.1. The molecule has 1 heterocycles. The Kier molecular flexibility index (Phi) is 8.26. The number of oxime groups is 1. The average Bonchev–Trinajstić information content (AvgIpc) is 2.81. The van der Waals surface area contributed by atoms with E-state index in [1.54, 1.807) is 30.3 Å². The number of hydrogen-bond donors (Lipinski definition) is 2. The van der Waals surface area contributed by atoms with Crippen LogP contribution in [-0.4, -0.2) is 46.4 Å². The first-order valence-corrected chi connectivity index (χ1v) is 9.73. The van der Waals surface area contributed by atoms with Gasteiger partial charge in [-0.3, -0.25) is 9.63 Å². The van der Waals surface area contributed by atoms with Gasteiger partial charge in [0.1, 0.15) is 24.9 Å². The molecule has 0 atom stereocenters. The third-order valence-electron chi connectivity index (χ3n) is 3.88. The largest absolute Gasteiger partial charge is 0.479 e. The Morgan fingerprint density at radius 3 is 2.32 bits per heavy atom. The van der Waals surface area contributed by atoms with Gasteiger partial charge in [0.25, 0.3) is 17.7 Å². The van der Waals surface area contributed by atoms with E-state index in [1.165, 1.54) is 25.3 Å². The molecule has 1 aromatic heterocycles. The molecule has 0 unspecified atom stereocenters. The van der Waals surface area contributed by atoms with Crippen molar-refractivity contribution >= 4 is 29.2 Å². The Hall–Kier alpha value is -4.29. The number of ether oxygens (including phenoxy) is 2. The van der Waals surface area contributed by atoms with Crippen LogP contribution in [0.4, 0.5) is 4.39 Å². The maximum Gasteiger partial charge on any atom is 0.332 e. The van der Waals surface area contributed by atoms with Crippen LogP contribution in [-0.2, 0) is 19.3 Å². The maximum atomic E-state index is 15.0. The lowest BCUT2D eigenvalue weighted by molar-refractivity contribution is -0.147. The Balaban J connectivity index is 1.88. The first kappa shape index (κ1) is 24.4. The summed E-state index contributed by atoms with van der Waals surface area (Å²) in [5, 5.41) is 12.5. The number of rotatable bonds is 10. The molecule has 2 aromatic carbocycles. The van der Waals surface area contributed by atoms with Gasteiger partial charge >= 0.3 is 5.97 Å². The second-order valence-corrected chi connectivity index (χ2v) is 6.57. The number of carboxylic acid groups (broad SMARTS) is 1. The Morgan fingerprint density at radius 1 is 1.06 bits per heavy atom. The third kappa shape index (κ3) is 6.15. The van der Waals surface area contributed by atoms with E-state index in [-0.39, 0.29) is 27.8 Å². The molecule has 0 fully saturated rings. The van der Waals surface area contributed by atoms with E-state index in [0.717, 1.165) is 6.33 Å². The second kappa shape index (κ2) is 11.5. The minimum Gasteiger partial charge on any atom is -0.479 e. The monoisotopic (exact) mass is 490 g/mol. The van der Waals surface area contributed by atoms with Crippen LogP contribution >= 0.6 is 11.6 Å². The van der Waals surface area contributed by atoms with E-state index < -0.39 is 36.1 Å². The molecule has 0 aliphatic rings. The van der Waals surface area contributed by atoms with Crippen LogP contribution in [0.25, 0.3) is 0 Å². The van der Waals surface area contributed by atoms with E-state index >= 15 is 4.39 Å². The third-order valence-corrected chi connectivity index (χ3v) is 4.19. The zero-order chi connectivity index (χ0) is 24.5. The average molecular weight is 491 g/mol. The van der Waals surface area contributed by atoms with Crippen molar-refractivity contribution in [3.8, 4) is 23.3 Å². The predicted octanol–water partition coefficient (Wildman–Crippen LogP) is 3.34. The summed E-state index contributed by atoms with van der Waals surface area (Å²) in [6.45, 7) is -0.787. The maximum absolute atomic E-state index is 15.0. The van der Waals surface area contributed by atoms with Gasteiger partial charge in [-0.2, -0.15) is 14.4 Å². The molecule has 0 aliphatic heterocycles. The van der Waals surface area contributed by atoms with Gasteiger partial charge in [-0.05, 0) is 24.3 Å². The zero-order valence-electron chi connectivity index (χ0n) is 17.4. The highest BCUT2D eigenvalue weighted by molar-refractivity contribution is 6.45. The van der Waals surface area contributed by atoms with Crippen molar-refractivity contribution in [1.29, 1.82) is 0 Å². The number of carbonyl (C=O) groups is 2. The minimum absolute atomic E-state index is 0.0343. The molecule has 3 aromatic rings. The van der Waals surface area contributed by atoms with Gasteiger partial charge in [-0.1, -0.05) is 41.0 Å². The Morgan fingerprint density at radius 2 is 1.68 bits per heavy atom. The number of benzene rings is 2. The number of amides is 1. The van der Waals surface area contributed by atoms with Gasteiger partial charge in [0.05, 0.1) is 10.6 Å². The van der Waals surface area contributed by atoms with Crippen molar-refractivity contribution in [2.24, 2.45) is 5.16 Å². The summed E-state index contributed by atoms with van der Waals surface area (Å²) in [6, 6.07) is 12.4. The molecule has 11 nitrogen and oxygen atoms in total. The first-order chi connectivity index (χ1) is 16.4. The van der Waals surface area contributed by atoms with Crippen LogP contribution in [0.1, 0.15) is 5.56 Å². The van der Waals surface area contributed by atoms with Crippen LogP contribution < -0.4 is 15.0 Å². The summed E-state index contributed by atoms with van der Waals surface area (Å²) in [5.41, 5.74) is 1.64. The SMILES string of the molecule is CO/N=C(/C(=O)NOCC(=O)O)c1ccccc1Oc1ncnc(Oc2ccccc2Cl)c1F. The van der Waals surface area contributed by atoms with Crippen molar-refractivity contribution in [1.82, 2.24) is 15.4 Å². The van der Waals surface area contributed by atoms with Crippen LogP contribution in [0.15, 0.2) is 60.0 Å². The van der Waals surface area contributed by atoms with Crippen LogP contribution in [0, 0.1) is 5.82 Å². The number of aliphatic carboxylic acids is 1. The number of halogens is 2. The van der Waals surface area contributed by atoms with Gasteiger partial charge in [0.2, 0.25) is 5.82 Å². The summed E-state index contributed by atoms with van der Waals surface area (Å²) in [4.78, 5) is 39.8. The summed E-state index contributed by atoms with van der Waals surface area (Å²) < 4.78 is 26.0. The summed E-state index contributed by atoms with van der Waals surface area (Å²) in [6.07, 6.45) is 1.02. The summed E-state index contributed by atoms with van der Waals surface area (Å²) >= 11 is 6.04. The normalized spacial score (nSPS) is 11.0. The minimum atomic E-state index is -1.30. The van der Waals surface area contributed by atoms with Crippen molar-refractivity contribution in [3.05, 3.63) is 71.3 Å². The van der Waals surface area contributed by atoms with E-state index in [1.807, 2.05) is 5.48 Å². The molecule has 13 heteroatoms. The van der Waals surface area contributed by atoms with Gasteiger partial charge in [-0.25, -0.2) is 10.3 Å². The van der Waals surface area contributed by atoms with Crippen LogP contribution in [0.2, 0.25) is 5.02 Å². The fourth-order valence-electron chi connectivity index (χ4n) is 2.48. The number of nitrogens with zero attached hydrogens (tertiary/aromatic N) is 3. The number of para-hydroxylation sites is 2. The molecule has 34 heavy (non-hydrogen) atoms.